The SMILES string of the molecule is COc1ncc(C2CCCCC2)cc1C(c1ccccc1)C(CCN(C)C)(ON)c1cccc2ccccc12. The Balaban J connectivity index is 1.79. The Kier molecular flexibility index (Phi) is 8.61. The molecular formula is C34H41N3O2. The van der Waals surface area contributed by atoms with Gasteiger partial charge in [-0.3, -0.25) is 4.84 Å². The van der Waals surface area contributed by atoms with Crippen LogP contribution in [0.1, 0.15) is 72.6 Å². The first-order valence-electron chi connectivity index (χ1n) is 14.2. The molecule has 1 saturated carbocycles. The van der Waals surface area contributed by atoms with Crippen LogP contribution in [0.3, 0.4) is 0 Å². The predicted molar refractivity (Wildman–Crippen MR) is 159 cm³/mol. The van der Waals surface area contributed by atoms with Crippen LogP contribution < -0.4 is 10.6 Å². The molecule has 2 unspecified atom stereocenters. The summed E-state index contributed by atoms with van der Waals surface area (Å²) in [6, 6.07) is 27.8. The maximum absolute atomic E-state index is 6.49. The van der Waals surface area contributed by atoms with Gasteiger partial charge < -0.3 is 9.64 Å². The van der Waals surface area contributed by atoms with Crippen molar-refractivity contribution < 1.29 is 9.57 Å². The average Bonchev–Trinajstić information content (AvgIpc) is 2.99. The molecule has 3 aromatic carbocycles. The third-order valence-corrected chi connectivity index (χ3v) is 8.47. The summed E-state index contributed by atoms with van der Waals surface area (Å²) < 4.78 is 5.96. The van der Waals surface area contributed by atoms with E-state index in [9.17, 15) is 0 Å². The standard InChI is InChI=1S/C34H41N3O2/c1-37(2)22-21-34(39-35,31-20-12-18-26-15-10-11-19-29(26)31)32(27-16-8-5-9-17-27)30-23-28(24-36-33(30)38-3)25-13-6-4-7-14-25/h5,8-12,15-20,23-25,32H,4,6-7,13-14,21-22,35H2,1-3H3. The Morgan fingerprint density at radius 1 is 0.949 bits per heavy atom. The number of nitrogens with two attached hydrogens (primary N) is 1. The van der Waals surface area contributed by atoms with E-state index in [1.54, 1.807) is 7.11 Å². The van der Waals surface area contributed by atoms with Crippen LogP contribution in [0, 0.1) is 0 Å². The molecule has 4 aromatic rings. The van der Waals surface area contributed by atoms with Crippen LogP contribution in [-0.2, 0) is 10.4 Å². The minimum atomic E-state index is -0.882. The number of fused-ring (bicyclic) bond motifs is 1. The van der Waals surface area contributed by atoms with Crippen LogP contribution in [0.25, 0.3) is 10.8 Å². The molecule has 1 aliphatic rings. The highest BCUT2D eigenvalue weighted by atomic mass is 16.6. The topological polar surface area (TPSA) is 60.6 Å². The van der Waals surface area contributed by atoms with E-state index in [0.29, 0.717) is 18.2 Å². The monoisotopic (exact) mass is 523 g/mol. The lowest BCUT2D eigenvalue weighted by molar-refractivity contribution is -0.0747. The fourth-order valence-corrected chi connectivity index (χ4v) is 6.48. The lowest BCUT2D eigenvalue weighted by atomic mass is 9.70. The number of hydrogen-bond donors (Lipinski definition) is 1. The Morgan fingerprint density at radius 2 is 1.67 bits per heavy atom. The second-order valence-corrected chi connectivity index (χ2v) is 11.1. The van der Waals surface area contributed by atoms with Crippen LogP contribution in [0.5, 0.6) is 5.88 Å². The van der Waals surface area contributed by atoms with Crippen LogP contribution in [-0.4, -0.2) is 37.6 Å². The molecule has 1 fully saturated rings. The molecule has 5 nitrogen and oxygen atoms in total. The Bertz CT molecular complexity index is 1360. The zero-order chi connectivity index (χ0) is 27.2. The molecule has 1 aromatic heterocycles. The molecule has 0 saturated heterocycles. The molecule has 0 amide bonds. The molecule has 5 rings (SSSR count). The van der Waals surface area contributed by atoms with Gasteiger partial charge in [0.05, 0.1) is 7.11 Å². The van der Waals surface area contributed by atoms with Gasteiger partial charge in [-0.1, -0.05) is 92.1 Å². The third kappa shape index (κ3) is 5.58. The number of nitrogens with zero attached hydrogens (tertiary/aromatic N) is 2. The van der Waals surface area contributed by atoms with Crippen molar-refractivity contribution in [1.29, 1.82) is 0 Å². The maximum atomic E-state index is 6.49. The Morgan fingerprint density at radius 3 is 2.38 bits per heavy atom. The number of aromatic nitrogens is 1. The molecular weight excluding hydrogens is 482 g/mol. The van der Waals surface area contributed by atoms with Crippen LogP contribution in [0.2, 0.25) is 0 Å². The highest BCUT2D eigenvalue weighted by molar-refractivity contribution is 5.86. The lowest BCUT2D eigenvalue weighted by Crippen LogP contribution is -2.42. The van der Waals surface area contributed by atoms with Crippen LogP contribution in [0.15, 0.2) is 85.1 Å². The van der Waals surface area contributed by atoms with Gasteiger partial charge in [-0.2, -0.15) is 0 Å². The lowest BCUT2D eigenvalue weighted by Gasteiger charge is -2.41. The zero-order valence-electron chi connectivity index (χ0n) is 23.5. The summed E-state index contributed by atoms with van der Waals surface area (Å²) in [5, 5.41) is 2.30. The first-order valence-corrected chi connectivity index (χ1v) is 14.2. The van der Waals surface area contributed by atoms with Gasteiger partial charge in [-0.15, -0.1) is 0 Å². The first kappa shape index (κ1) is 27.3. The van der Waals surface area contributed by atoms with Crippen LogP contribution >= 0.6 is 0 Å². The van der Waals surface area contributed by atoms with Crippen molar-refractivity contribution in [2.24, 2.45) is 5.90 Å². The minimum Gasteiger partial charge on any atom is -0.481 e. The summed E-state index contributed by atoms with van der Waals surface area (Å²) in [6.45, 7) is 0.793. The van der Waals surface area contributed by atoms with Crippen molar-refractivity contribution in [3.05, 3.63) is 107 Å². The Hall–Kier alpha value is -3.25. The number of benzene rings is 3. The molecule has 2 atom stereocenters. The van der Waals surface area contributed by atoms with E-state index in [-0.39, 0.29) is 5.92 Å². The second-order valence-electron chi connectivity index (χ2n) is 11.1. The van der Waals surface area contributed by atoms with Gasteiger partial charge in [-0.25, -0.2) is 10.9 Å². The van der Waals surface area contributed by atoms with E-state index in [0.717, 1.165) is 34.0 Å². The first-order chi connectivity index (χ1) is 19.1. The van der Waals surface area contributed by atoms with Crippen molar-refractivity contribution in [1.82, 2.24) is 9.88 Å². The zero-order valence-corrected chi connectivity index (χ0v) is 23.5. The molecule has 1 heterocycles. The van der Waals surface area contributed by atoms with Gasteiger partial charge in [0, 0.05) is 24.2 Å². The van der Waals surface area contributed by atoms with Crippen molar-refractivity contribution in [2.45, 2.75) is 56.0 Å². The highest BCUT2D eigenvalue weighted by Crippen LogP contribution is 2.50. The summed E-state index contributed by atoms with van der Waals surface area (Å²) in [5.41, 5.74) is 3.61. The van der Waals surface area contributed by atoms with E-state index in [1.165, 1.54) is 37.7 Å². The maximum Gasteiger partial charge on any atom is 0.216 e. The largest absolute Gasteiger partial charge is 0.481 e. The van der Waals surface area contributed by atoms with Crippen molar-refractivity contribution in [3.63, 3.8) is 0 Å². The fourth-order valence-electron chi connectivity index (χ4n) is 6.48. The molecule has 5 heteroatoms. The van der Waals surface area contributed by atoms with Crippen LogP contribution in [0.4, 0.5) is 0 Å². The van der Waals surface area contributed by atoms with Crippen molar-refractivity contribution in [3.8, 4) is 5.88 Å². The van der Waals surface area contributed by atoms with E-state index >= 15 is 0 Å². The molecule has 0 spiro atoms. The van der Waals surface area contributed by atoms with Crippen molar-refractivity contribution >= 4 is 10.8 Å². The highest BCUT2D eigenvalue weighted by Gasteiger charge is 2.46. The van der Waals surface area contributed by atoms with E-state index in [4.69, 9.17) is 20.5 Å². The molecule has 204 valence electrons. The molecule has 0 aliphatic heterocycles. The Labute approximate surface area is 232 Å². The second kappa shape index (κ2) is 12.3. The van der Waals surface area contributed by atoms with E-state index < -0.39 is 5.60 Å². The predicted octanol–water partition coefficient (Wildman–Crippen LogP) is 7.16. The fraction of sp³-hybridized carbons (Fsp3) is 0.382. The van der Waals surface area contributed by atoms with Gasteiger partial charge in [0.1, 0.15) is 5.60 Å². The quantitative estimate of drug-likeness (QED) is 0.224. The van der Waals surface area contributed by atoms with Gasteiger partial charge >= 0.3 is 0 Å². The van der Waals surface area contributed by atoms with Crippen molar-refractivity contribution in [2.75, 3.05) is 27.7 Å². The third-order valence-electron chi connectivity index (χ3n) is 8.47. The smallest absolute Gasteiger partial charge is 0.216 e. The average molecular weight is 524 g/mol. The molecule has 0 bridgehead atoms. The number of hydrogen-bond acceptors (Lipinski definition) is 5. The van der Waals surface area contributed by atoms with Gasteiger partial charge in [0.2, 0.25) is 5.88 Å². The summed E-state index contributed by atoms with van der Waals surface area (Å²) in [6.07, 6.45) is 8.95. The van der Waals surface area contributed by atoms with Gasteiger partial charge in [0.15, 0.2) is 0 Å². The normalized spacial score (nSPS) is 16.7. The minimum absolute atomic E-state index is 0.250. The molecule has 39 heavy (non-hydrogen) atoms. The summed E-state index contributed by atoms with van der Waals surface area (Å²) >= 11 is 0. The van der Waals surface area contributed by atoms with E-state index in [2.05, 4.69) is 97.9 Å². The number of pyridine rings is 1. The molecule has 2 N–H and O–H groups in total. The number of rotatable bonds is 10. The van der Waals surface area contributed by atoms with Gasteiger partial charge in [0.25, 0.3) is 0 Å². The summed E-state index contributed by atoms with van der Waals surface area (Å²) in [4.78, 5) is 13.4. The molecule has 1 aliphatic carbocycles. The summed E-state index contributed by atoms with van der Waals surface area (Å²) in [5.74, 6) is 7.37. The van der Waals surface area contributed by atoms with Gasteiger partial charge in [-0.05, 0) is 72.8 Å². The molecule has 0 radical (unpaired) electrons. The number of methoxy groups -OCH3 is 1. The summed E-state index contributed by atoms with van der Waals surface area (Å²) in [7, 11) is 5.89. The van der Waals surface area contributed by atoms with E-state index in [1.807, 2.05) is 6.20 Å². The number of ether oxygens (including phenoxy) is 1.